The highest BCUT2D eigenvalue weighted by Gasteiger charge is 2.13. The van der Waals surface area contributed by atoms with E-state index in [9.17, 15) is 4.79 Å². The summed E-state index contributed by atoms with van der Waals surface area (Å²) in [5.74, 6) is -0.950. The van der Waals surface area contributed by atoms with E-state index in [-0.39, 0.29) is 5.56 Å². The molecular weight excluding hydrogens is 180 g/mol. The van der Waals surface area contributed by atoms with Crippen molar-refractivity contribution in [3.8, 4) is 0 Å². The summed E-state index contributed by atoms with van der Waals surface area (Å²) in [4.78, 5) is 10.8. The van der Waals surface area contributed by atoms with Crippen molar-refractivity contribution in [2.75, 3.05) is 0 Å². The number of benzene rings is 1. The van der Waals surface area contributed by atoms with Crippen LogP contribution in [0.4, 0.5) is 0 Å². The second kappa shape index (κ2) is 2.87. The Morgan fingerprint density at radius 3 is 2.71 bits per heavy atom. The summed E-state index contributed by atoms with van der Waals surface area (Å²) in [6.07, 6.45) is 1.29. The van der Waals surface area contributed by atoms with Crippen LogP contribution in [0.15, 0.2) is 22.8 Å². The van der Waals surface area contributed by atoms with E-state index in [2.05, 4.69) is 0 Å². The number of rotatable bonds is 1. The molecule has 2 rings (SSSR count). The zero-order valence-electron chi connectivity index (χ0n) is 8.00. The van der Waals surface area contributed by atoms with Gasteiger partial charge in [0.25, 0.3) is 0 Å². The second-order valence-corrected chi connectivity index (χ2v) is 3.41. The highest BCUT2D eigenvalue weighted by Crippen LogP contribution is 2.25. The smallest absolute Gasteiger partial charge is 0.339 e. The Kier molecular flexibility index (Phi) is 1.81. The first-order valence-corrected chi connectivity index (χ1v) is 4.31. The first-order valence-electron chi connectivity index (χ1n) is 4.31. The van der Waals surface area contributed by atoms with Crippen molar-refractivity contribution in [1.29, 1.82) is 0 Å². The fraction of sp³-hybridized carbons (Fsp3) is 0.182. The summed E-state index contributed by atoms with van der Waals surface area (Å²) in [5.41, 5.74) is 2.89. The van der Waals surface area contributed by atoms with E-state index in [1.165, 1.54) is 6.26 Å². The van der Waals surface area contributed by atoms with Crippen LogP contribution in [0.3, 0.4) is 0 Å². The van der Waals surface area contributed by atoms with Gasteiger partial charge in [-0.05, 0) is 31.0 Å². The lowest BCUT2D eigenvalue weighted by atomic mass is 10.1. The van der Waals surface area contributed by atoms with Crippen LogP contribution in [-0.4, -0.2) is 11.1 Å². The van der Waals surface area contributed by atoms with Gasteiger partial charge in [0.05, 0.1) is 0 Å². The van der Waals surface area contributed by atoms with E-state index in [0.717, 1.165) is 11.1 Å². The van der Waals surface area contributed by atoms with Crippen molar-refractivity contribution in [2.45, 2.75) is 13.8 Å². The van der Waals surface area contributed by atoms with Crippen molar-refractivity contribution in [1.82, 2.24) is 0 Å². The summed E-state index contributed by atoms with van der Waals surface area (Å²) >= 11 is 0. The molecule has 0 bridgehead atoms. The lowest BCUT2D eigenvalue weighted by Crippen LogP contribution is -1.93. The molecule has 0 radical (unpaired) electrons. The number of carbonyl (C=O) groups is 1. The fourth-order valence-electron chi connectivity index (χ4n) is 1.66. The van der Waals surface area contributed by atoms with Crippen LogP contribution in [-0.2, 0) is 0 Å². The number of carboxylic acids is 1. The maximum Gasteiger partial charge on any atom is 0.339 e. The van der Waals surface area contributed by atoms with Gasteiger partial charge in [0.15, 0.2) is 0 Å². The van der Waals surface area contributed by atoms with Crippen LogP contribution in [0.2, 0.25) is 0 Å². The molecule has 1 aromatic heterocycles. The average molecular weight is 190 g/mol. The molecule has 0 saturated carbocycles. The largest absolute Gasteiger partial charge is 0.478 e. The Hall–Kier alpha value is -1.77. The van der Waals surface area contributed by atoms with E-state index in [1.54, 1.807) is 0 Å². The van der Waals surface area contributed by atoms with Gasteiger partial charge >= 0.3 is 5.97 Å². The second-order valence-electron chi connectivity index (χ2n) is 3.41. The molecule has 0 amide bonds. The molecule has 72 valence electrons. The summed E-state index contributed by atoms with van der Waals surface area (Å²) in [6.45, 7) is 3.84. The quantitative estimate of drug-likeness (QED) is 0.752. The van der Waals surface area contributed by atoms with Gasteiger partial charge in [-0.15, -0.1) is 0 Å². The van der Waals surface area contributed by atoms with Crippen LogP contribution in [0.5, 0.6) is 0 Å². The molecule has 1 aromatic carbocycles. The lowest BCUT2D eigenvalue weighted by Gasteiger charge is -1.97. The zero-order chi connectivity index (χ0) is 10.3. The average Bonchev–Trinajstić information content (AvgIpc) is 2.47. The molecule has 2 aromatic rings. The fourth-order valence-corrected chi connectivity index (χ4v) is 1.66. The minimum absolute atomic E-state index is 0.229. The number of furan rings is 1. The maximum absolute atomic E-state index is 10.8. The molecule has 3 heteroatoms. The number of hydrogen-bond donors (Lipinski definition) is 1. The van der Waals surface area contributed by atoms with Gasteiger partial charge in [-0.1, -0.05) is 6.07 Å². The van der Waals surface area contributed by atoms with Gasteiger partial charge in [0.2, 0.25) is 0 Å². The third kappa shape index (κ3) is 1.18. The van der Waals surface area contributed by atoms with Crippen LogP contribution >= 0.6 is 0 Å². The Bertz CT molecular complexity index is 508. The zero-order valence-corrected chi connectivity index (χ0v) is 8.00. The number of fused-ring (bicyclic) bond motifs is 1. The van der Waals surface area contributed by atoms with Crippen LogP contribution in [0.25, 0.3) is 11.0 Å². The maximum atomic E-state index is 10.8. The molecule has 1 N–H and O–H groups in total. The van der Waals surface area contributed by atoms with Gasteiger partial charge in [-0.2, -0.15) is 0 Å². The Morgan fingerprint density at radius 2 is 2.07 bits per heavy atom. The number of hydrogen-bond acceptors (Lipinski definition) is 2. The molecular formula is C11H10O3. The van der Waals surface area contributed by atoms with E-state index in [4.69, 9.17) is 9.52 Å². The third-order valence-electron chi connectivity index (χ3n) is 2.23. The first kappa shape index (κ1) is 8.81. The number of aryl methyl sites for hydroxylation is 2. The molecule has 0 atom stereocenters. The SMILES string of the molecule is Cc1cc(C)c2occ(C(=O)O)c2c1. The number of aromatic carboxylic acids is 1. The highest BCUT2D eigenvalue weighted by atomic mass is 16.4. The van der Waals surface area contributed by atoms with E-state index >= 15 is 0 Å². The molecule has 0 aliphatic carbocycles. The summed E-state index contributed by atoms with van der Waals surface area (Å²) in [7, 11) is 0. The molecule has 0 saturated heterocycles. The topological polar surface area (TPSA) is 50.4 Å². The third-order valence-corrected chi connectivity index (χ3v) is 2.23. The molecule has 3 nitrogen and oxygen atoms in total. The molecule has 0 aliphatic heterocycles. The van der Waals surface area contributed by atoms with Crippen LogP contribution in [0.1, 0.15) is 21.5 Å². The van der Waals surface area contributed by atoms with E-state index in [1.807, 2.05) is 26.0 Å². The van der Waals surface area contributed by atoms with Crippen molar-refractivity contribution >= 4 is 16.9 Å². The standard InChI is InChI=1S/C11H10O3/c1-6-3-7(2)10-8(4-6)9(5-14-10)11(12)13/h3-5H,1-2H3,(H,12,13). The molecule has 14 heavy (non-hydrogen) atoms. The van der Waals surface area contributed by atoms with Crippen LogP contribution < -0.4 is 0 Å². The summed E-state index contributed by atoms with van der Waals surface area (Å²) in [6, 6.07) is 3.80. The van der Waals surface area contributed by atoms with Crippen molar-refractivity contribution in [3.05, 3.63) is 35.1 Å². The molecule has 0 aliphatic rings. The Morgan fingerprint density at radius 1 is 1.36 bits per heavy atom. The van der Waals surface area contributed by atoms with E-state index in [0.29, 0.717) is 11.0 Å². The first-order chi connectivity index (χ1) is 6.59. The predicted octanol–water partition coefficient (Wildman–Crippen LogP) is 2.75. The molecule has 1 heterocycles. The van der Waals surface area contributed by atoms with Crippen molar-refractivity contribution in [2.24, 2.45) is 0 Å². The summed E-state index contributed by atoms with van der Waals surface area (Å²) < 4.78 is 5.22. The van der Waals surface area contributed by atoms with Crippen LogP contribution in [0, 0.1) is 13.8 Å². The highest BCUT2D eigenvalue weighted by molar-refractivity contribution is 6.03. The monoisotopic (exact) mass is 190 g/mol. The minimum atomic E-state index is -0.950. The lowest BCUT2D eigenvalue weighted by molar-refractivity contribution is 0.0698. The molecule has 0 unspecified atom stereocenters. The van der Waals surface area contributed by atoms with Gasteiger partial charge in [-0.25, -0.2) is 4.79 Å². The van der Waals surface area contributed by atoms with Gasteiger partial charge < -0.3 is 9.52 Å². The predicted molar refractivity (Wildman–Crippen MR) is 52.6 cm³/mol. The summed E-state index contributed by atoms with van der Waals surface area (Å²) in [5, 5.41) is 9.57. The minimum Gasteiger partial charge on any atom is -0.478 e. The Labute approximate surface area is 81.0 Å². The number of carboxylic acid groups (broad SMARTS) is 1. The van der Waals surface area contributed by atoms with Gasteiger partial charge in [0, 0.05) is 5.39 Å². The molecule has 0 fully saturated rings. The van der Waals surface area contributed by atoms with Crippen molar-refractivity contribution in [3.63, 3.8) is 0 Å². The van der Waals surface area contributed by atoms with Crippen molar-refractivity contribution < 1.29 is 14.3 Å². The van der Waals surface area contributed by atoms with Gasteiger partial charge in [0.1, 0.15) is 17.4 Å². The van der Waals surface area contributed by atoms with E-state index < -0.39 is 5.97 Å². The molecule has 0 spiro atoms. The van der Waals surface area contributed by atoms with Gasteiger partial charge in [-0.3, -0.25) is 0 Å². The normalized spacial score (nSPS) is 10.7. The Balaban J connectivity index is 2.85.